The SMILES string of the molecule is CC(C)c1cc(NC(=O)N(CCO)Cc2cccnc2Cl)n(Cc2ccccc2)n1. The summed E-state index contributed by atoms with van der Waals surface area (Å²) in [7, 11) is 0. The molecule has 2 amide bonds. The zero-order valence-electron chi connectivity index (χ0n) is 17.1. The highest BCUT2D eigenvalue weighted by molar-refractivity contribution is 6.30. The number of urea groups is 1. The fraction of sp³-hybridized carbons (Fsp3) is 0.318. The first kappa shape index (κ1) is 21.8. The Bertz CT molecular complexity index is 975. The van der Waals surface area contributed by atoms with Crippen LogP contribution in [0.2, 0.25) is 5.15 Å². The van der Waals surface area contributed by atoms with E-state index in [2.05, 4.69) is 29.2 Å². The number of aromatic nitrogens is 3. The molecule has 3 aromatic rings. The van der Waals surface area contributed by atoms with E-state index in [1.165, 1.54) is 4.90 Å². The highest BCUT2D eigenvalue weighted by atomic mass is 35.5. The molecule has 0 saturated carbocycles. The molecule has 30 heavy (non-hydrogen) atoms. The van der Waals surface area contributed by atoms with Crippen LogP contribution in [-0.4, -0.2) is 44.0 Å². The number of carbonyl (C=O) groups excluding carboxylic acids is 1. The van der Waals surface area contributed by atoms with Crippen LogP contribution in [0.25, 0.3) is 0 Å². The lowest BCUT2D eigenvalue weighted by atomic mass is 10.1. The van der Waals surface area contributed by atoms with Crippen molar-refractivity contribution in [2.75, 3.05) is 18.5 Å². The molecular weight excluding hydrogens is 402 g/mol. The molecule has 2 N–H and O–H groups in total. The third kappa shape index (κ3) is 5.58. The smallest absolute Gasteiger partial charge is 0.323 e. The van der Waals surface area contributed by atoms with Crippen molar-refractivity contribution < 1.29 is 9.90 Å². The lowest BCUT2D eigenvalue weighted by Crippen LogP contribution is -2.37. The van der Waals surface area contributed by atoms with Crippen LogP contribution in [0.5, 0.6) is 0 Å². The van der Waals surface area contributed by atoms with Crippen molar-refractivity contribution in [2.24, 2.45) is 0 Å². The normalized spacial score (nSPS) is 11.0. The van der Waals surface area contributed by atoms with Crippen molar-refractivity contribution in [3.05, 3.63) is 76.7 Å². The second kappa shape index (κ2) is 10.2. The summed E-state index contributed by atoms with van der Waals surface area (Å²) in [5.74, 6) is 0.827. The molecule has 7 nitrogen and oxygen atoms in total. The van der Waals surface area contributed by atoms with Gasteiger partial charge in [-0.15, -0.1) is 0 Å². The maximum Gasteiger partial charge on any atom is 0.323 e. The third-order valence-corrected chi connectivity index (χ3v) is 5.00. The van der Waals surface area contributed by atoms with Crippen LogP contribution in [0.3, 0.4) is 0 Å². The minimum atomic E-state index is -0.339. The summed E-state index contributed by atoms with van der Waals surface area (Å²) < 4.78 is 1.79. The minimum Gasteiger partial charge on any atom is -0.395 e. The molecule has 3 rings (SSSR count). The van der Waals surface area contributed by atoms with Gasteiger partial charge in [0.2, 0.25) is 0 Å². The number of hydrogen-bond donors (Lipinski definition) is 2. The van der Waals surface area contributed by atoms with E-state index in [-0.39, 0.29) is 31.6 Å². The van der Waals surface area contributed by atoms with Crippen LogP contribution in [0.4, 0.5) is 10.6 Å². The molecule has 0 unspecified atom stereocenters. The Morgan fingerprint density at radius 2 is 2.00 bits per heavy atom. The number of nitrogens with zero attached hydrogens (tertiary/aromatic N) is 4. The van der Waals surface area contributed by atoms with Gasteiger partial charge in [-0.05, 0) is 17.5 Å². The number of anilines is 1. The number of halogens is 1. The Kier molecular flexibility index (Phi) is 7.43. The van der Waals surface area contributed by atoms with Crippen LogP contribution in [0.15, 0.2) is 54.7 Å². The number of rotatable bonds is 8. The maximum absolute atomic E-state index is 13.0. The maximum atomic E-state index is 13.0. The van der Waals surface area contributed by atoms with E-state index in [1.54, 1.807) is 16.9 Å². The lowest BCUT2D eigenvalue weighted by Gasteiger charge is -2.22. The van der Waals surface area contributed by atoms with Crippen molar-refractivity contribution in [1.29, 1.82) is 0 Å². The lowest BCUT2D eigenvalue weighted by molar-refractivity contribution is 0.185. The predicted octanol–water partition coefficient (Wildman–Crippen LogP) is 4.13. The number of amides is 2. The summed E-state index contributed by atoms with van der Waals surface area (Å²) in [5, 5.41) is 17.4. The van der Waals surface area contributed by atoms with Gasteiger partial charge in [0.1, 0.15) is 11.0 Å². The Morgan fingerprint density at radius 3 is 2.67 bits per heavy atom. The fourth-order valence-corrected chi connectivity index (χ4v) is 3.18. The average molecular weight is 428 g/mol. The first-order valence-electron chi connectivity index (χ1n) is 9.85. The molecule has 0 aliphatic carbocycles. The largest absolute Gasteiger partial charge is 0.395 e. The Morgan fingerprint density at radius 1 is 1.23 bits per heavy atom. The molecule has 0 aliphatic rings. The molecule has 0 radical (unpaired) electrons. The zero-order valence-corrected chi connectivity index (χ0v) is 17.9. The van der Waals surface area contributed by atoms with Gasteiger partial charge in [-0.3, -0.25) is 5.32 Å². The van der Waals surface area contributed by atoms with Crippen molar-refractivity contribution >= 4 is 23.4 Å². The van der Waals surface area contributed by atoms with E-state index in [0.717, 1.165) is 11.3 Å². The Hall–Kier alpha value is -2.90. The molecule has 158 valence electrons. The molecule has 0 saturated heterocycles. The van der Waals surface area contributed by atoms with Gasteiger partial charge in [-0.1, -0.05) is 61.8 Å². The van der Waals surface area contributed by atoms with Crippen molar-refractivity contribution in [2.45, 2.75) is 32.9 Å². The fourth-order valence-electron chi connectivity index (χ4n) is 3.00. The first-order chi connectivity index (χ1) is 14.5. The number of pyridine rings is 1. The molecule has 0 aliphatic heterocycles. The van der Waals surface area contributed by atoms with Gasteiger partial charge in [-0.25, -0.2) is 14.5 Å². The number of aliphatic hydroxyl groups excluding tert-OH is 1. The van der Waals surface area contributed by atoms with E-state index in [9.17, 15) is 9.90 Å². The summed E-state index contributed by atoms with van der Waals surface area (Å²) in [4.78, 5) is 18.5. The summed E-state index contributed by atoms with van der Waals surface area (Å²) in [6.07, 6.45) is 1.60. The Balaban J connectivity index is 1.81. The first-order valence-corrected chi connectivity index (χ1v) is 10.2. The van der Waals surface area contributed by atoms with Gasteiger partial charge in [0.05, 0.1) is 25.4 Å². The quantitative estimate of drug-likeness (QED) is 0.529. The van der Waals surface area contributed by atoms with Crippen molar-refractivity contribution in [3.63, 3.8) is 0 Å². The number of aliphatic hydroxyl groups is 1. The van der Waals surface area contributed by atoms with Crippen LogP contribution < -0.4 is 5.32 Å². The zero-order chi connectivity index (χ0) is 21.5. The topological polar surface area (TPSA) is 83.3 Å². The molecule has 0 atom stereocenters. The summed E-state index contributed by atoms with van der Waals surface area (Å²) in [5.41, 5.74) is 2.69. The minimum absolute atomic E-state index is 0.161. The van der Waals surface area contributed by atoms with Gasteiger partial charge < -0.3 is 10.0 Å². The van der Waals surface area contributed by atoms with E-state index >= 15 is 0 Å². The number of benzene rings is 1. The van der Waals surface area contributed by atoms with E-state index < -0.39 is 0 Å². The third-order valence-electron chi connectivity index (χ3n) is 4.66. The summed E-state index contributed by atoms with van der Waals surface area (Å²) >= 11 is 6.14. The van der Waals surface area contributed by atoms with Gasteiger partial charge >= 0.3 is 6.03 Å². The van der Waals surface area contributed by atoms with Gasteiger partial charge in [0.15, 0.2) is 0 Å². The van der Waals surface area contributed by atoms with Gasteiger partial charge in [0.25, 0.3) is 0 Å². The van der Waals surface area contributed by atoms with Gasteiger partial charge in [-0.2, -0.15) is 5.10 Å². The molecule has 1 aromatic carbocycles. The van der Waals surface area contributed by atoms with E-state index in [4.69, 9.17) is 11.6 Å². The highest BCUT2D eigenvalue weighted by Crippen LogP contribution is 2.21. The Labute approximate surface area is 181 Å². The molecule has 8 heteroatoms. The molecule has 2 heterocycles. The predicted molar refractivity (Wildman–Crippen MR) is 118 cm³/mol. The second-order valence-electron chi connectivity index (χ2n) is 7.28. The van der Waals surface area contributed by atoms with Crippen LogP contribution in [0, 0.1) is 0 Å². The van der Waals surface area contributed by atoms with Crippen LogP contribution in [0.1, 0.15) is 36.6 Å². The summed E-state index contributed by atoms with van der Waals surface area (Å²) in [6.45, 7) is 4.90. The standard InChI is InChI=1S/C22H26ClN5O2/c1-16(2)19-13-20(28(26-19)14-17-7-4-3-5-8-17)25-22(30)27(11-12-29)15-18-9-6-10-24-21(18)23/h3-10,13,16,29H,11-12,14-15H2,1-2H3,(H,25,30). The molecule has 0 bridgehead atoms. The molecule has 2 aromatic heterocycles. The van der Waals surface area contributed by atoms with E-state index in [0.29, 0.717) is 23.1 Å². The van der Waals surface area contributed by atoms with Crippen LogP contribution >= 0.6 is 11.6 Å². The number of carbonyl (C=O) groups is 1. The molecule has 0 fully saturated rings. The second-order valence-corrected chi connectivity index (χ2v) is 7.64. The van der Waals surface area contributed by atoms with Gasteiger partial charge in [0, 0.05) is 24.4 Å². The van der Waals surface area contributed by atoms with E-state index in [1.807, 2.05) is 42.5 Å². The van der Waals surface area contributed by atoms with Crippen molar-refractivity contribution in [1.82, 2.24) is 19.7 Å². The summed E-state index contributed by atoms with van der Waals surface area (Å²) in [6, 6.07) is 15.1. The number of nitrogens with one attached hydrogen (secondary N) is 1. The van der Waals surface area contributed by atoms with Crippen molar-refractivity contribution in [3.8, 4) is 0 Å². The molecular formula is C22H26ClN5O2. The van der Waals surface area contributed by atoms with Crippen LogP contribution in [-0.2, 0) is 13.1 Å². The average Bonchev–Trinajstić information content (AvgIpc) is 3.12. The highest BCUT2D eigenvalue weighted by Gasteiger charge is 2.19. The monoisotopic (exact) mass is 427 g/mol. The number of hydrogen-bond acceptors (Lipinski definition) is 4. The molecule has 0 spiro atoms.